The van der Waals surface area contributed by atoms with Crippen molar-refractivity contribution in [2.45, 2.75) is 12.8 Å². The number of nitrogens with zero attached hydrogens (tertiary/aromatic N) is 2. The minimum Gasteiger partial charge on any atom is -0.338 e. The minimum absolute atomic E-state index is 0.213. The molecule has 0 saturated heterocycles. The van der Waals surface area contributed by atoms with Gasteiger partial charge in [-0.3, -0.25) is 0 Å². The fourth-order valence-corrected chi connectivity index (χ4v) is 2.63. The number of hydrogen-bond acceptors (Lipinski definition) is 2. The summed E-state index contributed by atoms with van der Waals surface area (Å²) in [6.45, 7) is 1.01. The average molecular weight is 352 g/mol. The van der Waals surface area contributed by atoms with Crippen molar-refractivity contribution in [2.24, 2.45) is 0 Å². The Morgan fingerprint density at radius 3 is 2.35 bits per heavy atom. The van der Waals surface area contributed by atoms with Crippen LogP contribution in [-0.4, -0.2) is 28.9 Å². The zero-order valence-electron chi connectivity index (χ0n) is 14.4. The van der Waals surface area contributed by atoms with E-state index in [2.05, 4.69) is 15.7 Å². The van der Waals surface area contributed by atoms with Crippen molar-refractivity contribution in [1.82, 2.24) is 20.4 Å². The summed E-state index contributed by atoms with van der Waals surface area (Å²) in [5, 5.41) is 9.80. The summed E-state index contributed by atoms with van der Waals surface area (Å²) < 4.78 is 14.9. The number of aromatic nitrogens is 2. The van der Waals surface area contributed by atoms with Crippen molar-refractivity contribution in [1.29, 1.82) is 0 Å². The monoisotopic (exact) mass is 352 g/mol. The Morgan fingerprint density at radius 2 is 1.69 bits per heavy atom. The van der Waals surface area contributed by atoms with Crippen molar-refractivity contribution in [3.8, 4) is 5.69 Å². The lowest BCUT2D eigenvalue weighted by Crippen LogP contribution is -2.37. The van der Waals surface area contributed by atoms with Crippen LogP contribution >= 0.6 is 0 Å². The van der Waals surface area contributed by atoms with E-state index < -0.39 is 0 Å². The summed E-state index contributed by atoms with van der Waals surface area (Å²) in [4.78, 5) is 11.8. The molecule has 0 saturated carbocycles. The van der Waals surface area contributed by atoms with Gasteiger partial charge in [-0.05, 0) is 54.3 Å². The van der Waals surface area contributed by atoms with Gasteiger partial charge >= 0.3 is 6.03 Å². The largest absolute Gasteiger partial charge is 0.338 e. The first-order valence-corrected chi connectivity index (χ1v) is 8.56. The van der Waals surface area contributed by atoms with E-state index in [1.165, 1.54) is 12.1 Å². The number of halogens is 1. The average Bonchev–Trinajstić information content (AvgIpc) is 3.17. The summed E-state index contributed by atoms with van der Waals surface area (Å²) >= 11 is 0. The molecule has 0 atom stereocenters. The Labute approximate surface area is 151 Å². The van der Waals surface area contributed by atoms with Crippen molar-refractivity contribution >= 4 is 6.03 Å². The molecule has 0 fully saturated rings. The number of nitrogens with one attached hydrogen (secondary N) is 2. The molecule has 26 heavy (non-hydrogen) atoms. The predicted molar refractivity (Wildman–Crippen MR) is 98.8 cm³/mol. The molecule has 0 bridgehead atoms. The van der Waals surface area contributed by atoms with Crippen LogP contribution in [0.1, 0.15) is 11.1 Å². The van der Waals surface area contributed by atoms with Crippen LogP contribution in [0.15, 0.2) is 67.0 Å². The highest BCUT2D eigenvalue weighted by Gasteiger charge is 2.02. The Bertz CT molecular complexity index is 831. The van der Waals surface area contributed by atoms with Gasteiger partial charge in [0, 0.05) is 25.5 Å². The van der Waals surface area contributed by atoms with Crippen LogP contribution in [0, 0.1) is 5.82 Å². The smallest absolute Gasteiger partial charge is 0.314 e. The van der Waals surface area contributed by atoms with E-state index >= 15 is 0 Å². The molecule has 5 nitrogen and oxygen atoms in total. The first-order chi connectivity index (χ1) is 12.7. The summed E-state index contributed by atoms with van der Waals surface area (Å²) in [5.41, 5.74) is 3.00. The van der Waals surface area contributed by atoms with Crippen LogP contribution < -0.4 is 10.6 Å². The highest BCUT2D eigenvalue weighted by atomic mass is 19.1. The second kappa shape index (κ2) is 8.80. The number of carbonyl (C=O) groups excluding carboxylic acids is 1. The number of benzene rings is 2. The van der Waals surface area contributed by atoms with Crippen LogP contribution in [0.4, 0.5) is 9.18 Å². The Morgan fingerprint density at radius 1 is 0.962 bits per heavy atom. The van der Waals surface area contributed by atoms with Crippen molar-refractivity contribution < 1.29 is 9.18 Å². The Hall–Kier alpha value is -3.15. The second-order valence-corrected chi connectivity index (χ2v) is 5.93. The topological polar surface area (TPSA) is 59.0 Å². The molecular weight excluding hydrogens is 331 g/mol. The van der Waals surface area contributed by atoms with Gasteiger partial charge in [0.05, 0.1) is 5.69 Å². The van der Waals surface area contributed by atoms with E-state index in [0.29, 0.717) is 19.5 Å². The van der Waals surface area contributed by atoms with Gasteiger partial charge in [0.25, 0.3) is 0 Å². The summed E-state index contributed by atoms with van der Waals surface area (Å²) in [5.74, 6) is -0.259. The lowest BCUT2D eigenvalue weighted by atomic mass is 10.1. The Kier molecular flexibility index (Phi) is 5.98. The molecule has 1 aromatic heterocycles. The van der Waals surface area contributed by atoms with Gasteiger partial charge in [0.15, 0.2) is 0 Å². The van der Waals surface area contributed by atoms with Gasteiger partial charge in [-0.25, -0.2) is 13.9 Å². The molecule has 6 heteroatoms. The number of amides is 2. The highest BCUT2D eigenvalue weighted by Crippen LogP contribution is 2.08. The van der Waals surface area contributed by atoms with Gasteiger partial charge in [-0.15, -0.1) is 0 Å². The quantitative estimate of drug-likeness (QED) is 0.686. The molecule has 134 valence electrons. The van der Waals surface area contributed by atoms with Crippen LogP contribution in [0.3, 0.4) is 0 Å². The van der Waals surface area contributed by atoms with Crippen LogP contribution in [0.2, 0.25) is 0 Å². The molecule has 2 aromatic carbocycles. The maximum absolute atomic E-state index is 13.1. The van der Waals surface area contributed by atoms with Gasteiger partial charge in [-0.2, -0.15) is 5.10 Å². The molecule has 3 rings (SSSR count). The molecule has 0 aliphatic carbocycles. The third-order valence-electron chi connectivity index (χ3n) is 3.99. The number of rotatable bonds is 7. The van der Waals surface area contributed by atoms with Crippen LogP contribution in [0.25, 0.3) is 5.69 Å². The highest BCUT2D eigenvalue weighted by molar-refractivity contribution is 5.73. The second-order valence-electron chi connectivity index (χ2n) is 5.93. The normalized spacial score (nSPS) is 10.5. The molecule has 0 spiro atoms. The van der Waals surface area contributed by atoms with E-state index in [0.717, 1.165) is 23.2 Å². The van der Waals surface area contributed by atoms with E-state index in [9.17, 15) is 9.18 Å². The SMILES string of the molecule is O=C(NCCc1ccc(-n2cccn2)cc1)NCCc1cccc(F)c1. The van der Waals surface area contributed by atoms with E-state index in [1.807, 2.05) is 42.6 Å². The molecule has 1 heterocycles. The maximum Gasteiger partial charge on any atom is 0.314 e. The van der Waals surface area contributed by atoms with Crippen LogP contribution in [-0.2, 0) is 12.8 Å². The molecule has 0 unspecified atom stereocenters. The first-order valence-electron chi connectivity index (χ1n) is 8.56. The number of carbonyl (C=O) groups is 1. The molecule has 3 aromatic rings. The van der Waals surface area contributed by atoms with Gasteiger partial charge in [0.1, 0.15) is 5.82 Å². The van der Waals surface area contributed by atoms with Crippen molar-refractivity contribution in [3.63, 3.8) is 0 Å². The zero-order chi connectivity index (χ0) is 18.2. The summed E-state index contributed by atoms with van der Waals surface area (Å²) in [6.07, 6.45) is 4.98. The van der Waals surface area contributed by atoms with Crippen molar-refractivity contribution in [2.75, 3.05) is 13.1 Å². The molecule has 2 amide bonds. The fraction of sp³-hybridized carbons (Fsp3) is 0.200. The minimum atomic E-state index is -0.259. The molecule has 0 aliphatic heterocycles. The first kappa shape index (κ1) is 17.7. The zero-order valence-corrected chi connectivity index (χ0v) is 14.4. The molecular formula is C20H21FN4O. The van der Waals surface area contributed by atoms with E-state index in [-0.39, 0.29) is 11.8 Å². The lowest BCUT2D eigenvalue weighted by molar-refractivity contribution is 0.241. The van der Waals surface area contributed by atoms with Crippen molar-refractivity contribution in [3.05, 3.63) is 83.9 Å². The third-order valence-corrected chi connectivity index (χ3v) is 3.99. The van der Waals surface area contributed by atoms with Gasteiger partial charge in [-0.1, -0.05) is 24.3 Å². The maximum atomic E-state index is 13.1. The number of hydrogen-bond donors (Lipinski definition) is 2. The predicted octanol–water partition coefficient (Wildman–Crippen LogP) is 3.10. The molecule has 0 aliphatic rings. The summed E-state index contributed by atoms with van der Waals surface area (Å²) in [6, 6.07) is 16.1. The van der Waals surface area contributed by atoms with E-state index in [1.54, 1.807) is 16.9 Å². The summed E-state index contributed by atoms with van der Waals surface area (Å²) in [7, 11) is 0. The molecule has 2 N–H and O–H groups in total. The number of urea groups is 1. The Balaban J connectivity index is 1.36. The third kappa shape index (κ3) is 5.17. The van der Waals surface area contributed by atoms with Gasteiger partial charge in [0.2, 0.25) is 0 Å². The van der Waals surface area contributed by atoms with Gasteiger partial charge < -0.3 is 10.6 Å². The lowest BCUT2D eigenvalue weighted by Gasteiger charge is -2.08. The van der Waals surface area contributed by atoms with Crippen LogP contribution in [0.5, 0.6) is 0 Å². The van der Waals surface area contributed by atoms with E-state index in [4.69, 9.17) is 0 Å². The molecule has 0 radical (unpaired) electrons. The fourth-order valence-electron chi connectivity index (χ4n) is 2.63. The standard InChI is InChI=1S/C20H21FN4O/c21-18-4-1-3-17(15-18)10-13-23-20(26)22-12-9-16-5-7-19(8-6-16)25-14-2-11-24-25/h1-8,11,14-15H,9-10,12-13H2,(H2,22,23,26).